The molecule has 2 aromatic rings. The molecule has 194 valence electrons. The second-order valence-electron chi connectivity index (χ2n) is 9.33. The van der Waals surface area contributed by atoms with Gasteiger partial charge >= 0.3 is 6.18 Å². The molecule has 3 heterocycles. The standard InChI is InChI=1S/C23H20ClF5N2O4S/c24-17-7-16(5-6-18(17)25)22(23(27,28)29)8-19(30-35-22)13-1-3-15(4-2-13)21(26)11-31(12-21)20(32)14-9-36(33,34)10-14/h1-7,14,33-34H,8-12H2. The minimum absolute atomic E-state index is 0.00988. The summed E-state index contributed by atoms with van der Waals surface area (Å²) in [6.45, 7) is -0.402. The Morgan fingerprint density at radius 3 is 2.28 bits per heavy atom. The number of nitrogens with zero attached hydrogens (tertiary/aromatic N) is 2. The van der Waals surface area contributed by atoms with E-state index < -0.39 is 56.8 Å². The first-order valence-corrected chi connectivity index (χ1v) is 13.1. The molecule has 0 saturated carbocycles. The number of amides is 1. The lowest BCUT2D eigenvalue weighted by Crippen LogP contribution is -2.62. The largest absolute Gasteiger partial charge is 0.435 e. The SMILES string of the molecule is O=C(C1CS(O)(O)C1)N1CC(F)(c2ccc(C3=NOC(c4ccc(F)c(Cl)c4)(C(F)(F)F)C3)cc2)C1. The lowest BCUT2D eigenvalue weighted by molar-refractivity contribution is -0.275. The van der Waals surface area contributed by atoms with Crippen LogP contribution in [-0.2, 0) is 20.9 Å². The maximum Gasteiger partial charge on any atom is 0.435 e. The van der Waals surface area contributed by atoms with Crippen LogP contribution in [0.5, 0.6) is 0 Å². The topological polar surface area (TPSA) is 82.4 Å². The van der Waals surface area contributed by atoms with Gasteiger partial charge in [-0.2, -0.15) is 23.8 Å². The van der Waals surface area contributed by atoms with Crippen molar-refractivity contribution in [1.29, 1.82) is 0 Å². The highest BCUT2D eigenvalue weighted by Gasteiger charge is 2.62. The van der Waals surface area contributed by atoms with Gasteiger partial charge in [0.25, 0.3) is 5.60 Å². The average Bonchev–Trinajstić information content (AvgIpc) is 3.24. The molecular weight excluding hydrogens is 531 g/mol. The zero-order valence-corrected chi connectivity index (χ0v) is 20.0. The number of carbonyl (C=O) groups is 1. The van der Waals surface area contributed by atoms with Crippen molar-refractivity contribution in [3.63, 3.8) is 0 Å². The summed E-state index contributed by atoms with van der Waals surface area (Å²) in [5.41, 5.74) is -4.56. The minimum atomic E-state index is -4.89. The number of oxime groups is 1. The third-order valence-electron chi connectivity index (χ3n) is 6.79. The van der Waals surface area contributed by atoms with E-state index >= 15 is 4.39 Å². The third kappa shape index (κ3) is 4.13. The summed E-state index contributed by atoms with van der Waals surface area (Å²) in [5.74, 6) is -1.73. The van der Waals surface area contributed by atoms with Crippen LogP contribution in [-0.4, -0.2) is 56.4 Å². The van der Waals surface area contributed by atoms with Crippen LogP contribution in [0.3, 0.4) is 0 Å². The van der Waals surface area contributed by atoms with Crippen LogP contribution in [0.2, 0.25) is 5.02 Å². The smallest absolute Gasteiger partial charge is 0.374 e. The van der Waals surface area contributed by atoms with Crippen molar-refractivity contribution in [1.82, 2.24) is 4.90 Å². The van der Waals surface area contributed by atoms with Crippen molar-refractivity contribution in [3.8, 4) is 0 Å². The molecule has 0 spiro atoms. The monoisotopic (exact) mass is 550 g/mol. The highest BCUT2D eigenvalue weighted by Crippen LogP contribution is 2.53. The zero-order chi connectivity index (χ0) is 26.1. The number of hydrogen-bond donors (Lipinski definition) is 2. The zero-order valence-electron chi connectivity index (χ0n) is 18.4. The van der Waals surface area contributed by atoms with Gasteiger partial charge < -0.3 is 9.74 Å². The van der Waals surface area contributed by atoms with Gasteiger partial charge in [-0.1, -0.05) is 47.1 Å². The number of rotatable bonds is 4. The molecule has 0 aromatic heterocycles. The molecule has 2 fully saturated rings. The lowest BCUT2D eigenvalue weighted by Gasteiger charge is -2.51. The Hall–Kier alpha value is -2.41. The molecule has 36 heavy (non-hydrogen) atoms. The Labute approximate surface area is 209 Å². The predicted molar refractivity (Wildman–Crippen MR) is 123 cm³/mol. The summed E-state index contributed by atoms with van der Waals surface area (Å²) in [6, 6.07) is 8.31. The van der Waals surface area contributed by atoms with E-state index in [2.05, 4.69) is 5.16 Å². The second-order valence-corrected chi connectivity index (χ2v) is 12.0. The molecule has 2 saturated heterocycles. The van der Waals surface area contributed by atoms with Crippen LogP contribution >= 0.6 is 22.2 Å². The van der Waals surface area contributed by atoms with Gasteiger partial charge in [-0.15, -0.1) is 0 Å². The van der Waals surface area contributed by atoms with Crippen molar-refractivity contribution < 1.29 is 40.7 Å². The maximum absolute atomic E-state index is 15.3. The van der Waals surface area contributed by atoms with E-state index in [4.69, 9.17) is 16.4 Å². The first-order valence-electron chi connectivity index (χ1n) is 10.8. The molecule has 1 amide bonds. The molecule has 0 radical (unpaired) electrons. The molecule has 6 nitrogen and oxygen atoms in total. The van der Waals surface area contributed by atoms with Gasteiger partial charge in [0.2, 0.25) is 5.91 Å². The fourth-order valence-electron chi connectivity index (χ4n) is 4.66. The Morgan fingerprint density at radius 2 is 1.72 bits per heavy atom. The molecule has 5 rings (SSSR count). The number of likely N-dealkylation sites (tertiary alicyclic amines) is 1. The molecule has 3 aliphatic heterocycles. The predicted octanol–water partition coefficient (Wildman–Crippen LogP) is 5.45. The van der Waals surface area contributed by atoms with Gasteiger partial charge in [0.1, 0.15) is 5.82 Å². The maximum atomic E-state index is 15.3. The van der Waals surface area contributed by atoms with Crippen LogP contribution in [0, 0.1) is 11.7 Å². The highest BCUT2D eigenvalue weighted by atomic mass is 35.5. The van der Waals surface area contributed by atoms with Gasteiger partial charge in [-0.05, 0) is 23.3 Å². The summed E-state index contributed by atoms with van der Waals surface area (Å²) in [5, 5.41) is 3.15. The summed E-state index contributed by atoms with van der Waals surface area (Å²) >= 11 is 5.69. The van der Waals surface area contributed by atoms with E-state index in [0.717, 1.165) is 18.2 Å². The first-order chi connectivity index (χ1) is 16.7. The molecule has 13 heteroatoms. The first kappa shape index (κ1) is 25.2. The van der Waals surface area contributed by atoms with Crippen LogP contribution in [0.25, 0.3) is 0 Å². The fourth-order valence-corrected chi connectivity index (χ4v) is 6.32. The second kappa shape index (κ2) is 8.30. The Morgan fingerprint density at radius 1 is 1.11 bits per heavy atom. The van der Waals surface area contributed by atoms with E-state index in [1.54, 1.807) is 0 Å². The van der Waals surface area contributed by atoms with Gasteiger partial charge in [0.15, 0.2) is 5.67 Å². The van der Waals surface area contributed by atoms with Crippen molar-refractivity contribution in [2.75, 3.05) is 24.6 Å². The van der Waals surface area contributed by atoms with Crippen molar-refractivity contribution in [3.05, 3.63) is 70.0 Å². The van der Waals surface area contributed by atoms with Gasteiger partial charge in [-0.25, -0.2) is 8.78 Å². The van der Waals surface area contributed by atoms with Crippen LogP contribution in [0.1, 0.15) is 23.1 Å². The molecule has 0 aliphatic carbocycles. The molecule has 3 aliphatic rings. The van der Waals surface area contributed by atoms with E-state index in [1.165, 1.54) is 29.2 Å². The number of alkyl halides is 4. The van der Waals surface area contributed by atoms with Crippen molar-refractivity contribution >= 4 is 33.8 Å². The van der Waals surface area contributed by atoms with Crippen molar-refractivity contribution in [2.45, 2.75) is 23.9 Å². The molecule has 2 aromatic carbocycles. The quantitative estimate of drug-likeness (QED) is 0.496. The number of hydrogen-bond acceptors (Lipinski definition) is 5. The fraction of sp³-hybridized carbons (Fsp3) is 0.391. The Bertz CT molecular complexity index is 1240. The third-order valence-corrected chi connectivity index (χ3v) is 8.95. The van der Waals surface area contributed by atoms with E-state index in [1.807, 2.05) is 0 Å². The summed E-state index contributed by atoms with van der Waals surface area (Å²) < 4.78 is 90.0. The van der Waals surface area contributed by atoms with Crippen LogP contribution < -0.4 is 0 Å². The minimum Gasteiger partial charge on any atom is -0.374 e. The summed E-state index contributed by atoms with van der Waals surface area (Å²) in [7, 11) is -2.68. The van der Waals surface area contributed by atoms with Crippen molar-refractivity contribution in [2.24, 2.45) is 11.1 Å². The lowest BCUT2D eigenvalue weighted by atomic mass is 9.84. The van der Waals surface area contributed by atoms with E-state index in [0.29, 0.717) is 0 Å². The van der Waals surface area contributed by atoms with E-state index in [9.17, 15) is 31.5 Å². The highest BCUT2D eigenvalue weighted by molar-refractivity contribution is 8.25. The molecule has 0 bridgehead atoms. The van der Waals surface area contributed by atoms with Gasteiger partial charge in [-0.3, -0.25) is 13.9 Å². The Kier molecular flexibility index (Phi) is 5.82. The summed E-state index contributed by atoms with van der Waals surface area (Å²) in [6.07, 6.45) is -5.58. The number of benzene rings is 2. The van der Waals surface area contributed by atoms with E-state index in [-0.39, 0.29) is 47.3 Å². The van der Waals surface area contributed by atoms with Crippen LogP contribution in [0.4, 0.5) is 22.0 Å². The van der Waals surface area contributed by atoms with Gasteiger partial charge in [0.05, 0.1) is 41.2 Å². The normalized spacial score (nSPS) is 25.9. The number of halogens is 6. The average molecular weight is 551 g/mol. The Balaban J connectivity index is 1.29. The summed E-state index contributed by atoms with van der Waals surface area (Å²) in [4.78, 5) is 18.6. The van der Waals surface area contributed by atoms with Gasteiger partial charge in [0, 0.05) is 12.0 Å². The molecule has 1 unspecified atom stereocenters. The molecule has 1 atom stereocenters. The molecular formula is C23H20ClF5N2O4S. The number of carbonyl (C=O) groups excluding carboxylic acids is 1. The molecule has 2 N–H and O–H groups in total. The van der Waals surface area contributed by atoms with Crippen LogP contribution in [0.15, 0.2) is 47.6 Å².